The van der Waals surface area contributed by atoms with Crippen LogP contribution in [-0.4, -0.2) is 51.9 Å². The molecular weight excluding hydrogens is 352 g/mol. The number of aromatic nitrogens is 2. The SMILES string of the molecule is Cc1ncsc1C(=O)N1CCCN(Cc2nc3ccccc3s2)CC1. The molecule has 0 saturated carbocycles. The lowest BCUT2D eigenvalue weighted by atomic mass is 10.3. The summed E-state index contributed by atoms with van der Waals surface area (Å²) >= 11 is 3.20. The standard InChI is InChI=1S/C18H20N4OS2/c1-13-17(24-12-19-13)18(23)22-8-4-7-21(9-10-22)11-16-20-14-5-2-3-6-15(14)25-16/h2-3,5-6,12H,4,7-11H2,1H3. The Morgan fingerprint density at radius 1 is 1.20 bits per heavy atom. The van der Waals surface area contributed by atoms with E-state index in [4.69, 9.17) is 4.98 Å². The van der Waals surface area contributed by atoms with E-state index in [-0.39, 0.29) is 5.91 Å². The molecule has 0 atom stereocenters. The van der Waals surface area contributed by atoms with Gasteiger partial charge in [-0.2, -0.15) is 0 Å². The normalized spacial score (nSPS) is 16.3. The fourth-order valence-electron chi connectivity index (χ4n) is 3.16. The van der Waals surface area contributed by atoms with Gasteiger partial charge in [-0.05, 0) is 25.5 Å². The van der Waals surface area contributed by atoms with E-state index in [2.05, 4.69) is 28.1 Å². The maximum absolute atomic E-state index is 12.7. The lowest BCUT2D eigenvalue weighted by Gasteiger charge is -2.21. The molecule has 130 valence electrons. The van der Waals surface area contributed by atoms with Crippen molar-refractivity contribution >= 4 is 38.8 Å². The Morgan fingerprint density at radius 2 is 2.08 bits per heavy atom. The average molecular weight is 373 g/mol. The molecule has 2 aromatic heterocycles. The molecule has 0 spiro atoms. The van der Waals surface area contributed by atoms with E-state index in [1.807, 2.05) is 17.9 Å². The van der Waals surface area contributed by atoms with Gasteiger partial charge in [0, 0.05) is 26.2 Å². The maximum Gasteiger partial charge on any atom is 0.265 e. The van der Waals surface area contributed by atoms with Gasteiger partial charge in [-0.25, -0.2) is 9.97 Å². The third-order valence-corrected chi connectivity index (χ3v) is 6.45. The first kappa shape index (κ1) is 16.6. The van der Waals surface area contributed by atoms with Crippen LogP contribution >= 0.6 is 22.7 Å². The number of thiazole rings is 2. The summed E-state index contributed by atoms with van der Waals surface area (Å²) in [6.45, 7) is 6.23. The first-order chi connectivity index (χ1) is 12.2. The number of para-hydroxylation sites is 1. The van der Waals surface area contributed by atoms with E-state index in [1.54, 1.807) is 16.8 Å². The first-order valence-electron chi connectivity index (χ1n) is 8.47. The predicted molar refractivity (Wildman–Crippen MR) is 102 cm³/mol. The van der Waals surface area contributed by atoms with Gasteiger partial charge >= 0.3 is 0 Å². The Kier molecular flexibility index (Phi) is 4.78. The number of carbonyl (C=O) groups is 1. The van der Waals surface area contributed by atoms with Crippen molar-refractivity contribution in [2.45, 2.75) is 19.9 Å². The number of rotatable bonds is 3. The van der Waals surface area contributed by atoms with Crippen molar-refractivity contribution in [2.24, 2.45) is 0 Å². The van der Waals surface area contributed by atoms with E-state index >= 15 is 0 Å². The molecule has 1 aliphatic rings. The number of benzene rings is 1. The third-order valence-electron chi connectivity index (χ3n) is 4.51. The highest BCUT2D eigenvalue weighted by molar-refractivity contribution is 7.18. The van der Waals surface area contributed by atoms with Crippen LogP contribution in [0, 0.1) is 6.92 Å². The van der Waals surface area contributed by atoms with Crippen molar-refractivity contribution in [1.82, 2.24) is 19.8 Å². The Labute approximate surface area is 154 Å². The first-order valence-corrected chi connectivity index (χ1v) is 10.2. The minimum Gasteiger partial charge on any atom is -0.337 e. The summed E-state index contributed by atoms with van der Waals surface area (Å²) in [4.78, 5) is 26.8. The fourth-order valence-corrected chi connectivity index (χ4v) is 4.94. The molecule has 1 aromatic carbocycles. The molecule has 25 heavy (non-hydrogen) atoms. The van der Waals surface area contributed by atoms with Gasteiger partial charge < -0.3 is 4.90 Å². The molecule has 3 heterocycles. The van der Waals surface area contributed by atoms with Crippen molar-refractivity contribution in [2.75, 3.05) is 26.2 Å². The Balaban J connectivity index is 1.41. The van der Waals surface area contributed by atoms with Crippen LogP contribution in [0.2, 0.25) is 0 Å². The van der Waals surface area contributed by atoms with E-state index in [0.717, 1.165) is 60.2 Å². The summed E-state index contributed by atoms with van der Waals surface area (Å²) in [6.07, 6.45) is 0.995. The molecule has 0 aliphatic carbocycles. The summed E-state index contributed by atoms with van der Waals surface area (Å²) in [5, 5.41) is 1.15. The number of amides is 1. The summed E-state index contributed by atoms with van der Waals surface area (Å²) in [6, 6.07) is 8.27. The summed E-state index contributed by atoms with van der Waals surface area (Å²) in [7, 11) is 0. The highest BCUT2D eigenvalue weighted by atomic mass is 32.1. The van der Waals surface area contributed by atoms with Gasteiger partial charge in [0.15, 0.2) is 0 Å². The fraction of sp³-hybridized carbons (Fsp3) is 0.389. The van der Waals surface area contributed by atoms with Crippen LogP contribution < -0.4 is 0 Å². The maximum atomic E-state index is 12.7. The van der Waals surface area contributed by atoms with Gasteiger partial charge in [0.05, 0.1) is 28.0 Å². The molecule has 7 heteroatoms. The number of aryl methyl sites for hydroxylation is 1. The van der Waals surface area contributed by atoms with E-state index < -0.39 is 0 Å². The van der Waals surface area contributed by atoms with Crippen LogP contribution in [0.4, 0.5) is 0 Å². The Morgan fingerprint density at radius 3 is 2.88 bits per heavy atom. The zero-order valence-corrected chi connectivity index (χ0v) is 15.8. The minimum absolute atomic E-state index is 0.127. The summed E-state index contributed by atoms with van der Waals surface area (Å²) < 4.78 is 1.24. The second kappa shape index (κ2) is 7.19. The molecule has 0 bridgehead atoms. The third kappa shape index (κ3) is 3.58. The lowest BCUT2D eigenvalue weighted by Crippen LogP contribution is -2.35. The van der Waals surface area contributed by atoms with Crippen LogP contribution in [-0.2, 0) is 6.54 Å². The highest BCUT2D eigenvalue weighted by Gasteiger charge is 2.23. The van der Waals surface area contributed by atoms with Gasteiger partial charge in [0.25, 0.3) is 5.91 Å². The van der Waals surface area contributed by atoms with Crippen LogP contribution in [0.15, 0.2) is 29.8 Å². The smallest absolute Gasteiger partial charge is 0.265 e. The lowest BCUT2D eigenvalue weighted by molar-refractivity contribution is 0.0765. The topological polar surface area (TPSA) is 49.3 Å². The van der Waals surface area contributed by atoms with Crippen molar-refractivity contribution in [3.05, 3.63) is 45.4 Å². The molecule has 3 aromatic rings. The quantitative estimate of drug-likeness (QED) is 0.707. The monoisotopic (exact) mass is 372 g/mol. The number of hydrogen-bond acceptors (Lipinski definition) is 6. The van der Waals surface area contributed by atoms with Gasteiger partial charge in [-0.1, -0.05) is 12.1 Å². The van der Waals surface area contributed by atoms with Crippen LogP contribution in [0.1, 0.15) is 26.8 Å². The number of hydrogen-bond donors (Lipinski definition) is 0. The largest absolute Gasteiger partial charge is 0.337 e. The van der Waals surface area contributed by atoms with Gasteiger partial charge in [0.2, 0.25) is 0 Å². The van der Waals surface area contributed by atoms with Crippen LogP contribution in [0.5, 0.6) is 0 Å². The molecule has 0 radical (unpaired) electrons. The molecule has 1 aliphatic heterocycles. The summed E-state index contributed by atoms with van der Waals surface area (Å²) in [5.41, 5.74) is 3.67. The number of fused-ring (bicyclic) bond motifs is 1. The van der Waals surface area contributed by atoms with E-state index in [0.29, 0.717) is 0 Å². The second-order valence-electron chi connectivity index (χ2n) is 6.26. The number of nitrogens with zero attached hydrogens (tertiary/aromatic N) is 4. The summed E-state index contributed by atoms with van der Waals surface area (Å²) in [5.74, 6) is 0.127. The molecule has 4 rings (SSSR count). The second-order valence-corrected chi connectivity index (χ2v) is 8.23. The molecule has 0 N–H and O–H groups in total. The van der Waals surface area contributed by atoms with Crippen LogP contribution in [0.25, 0.3) is 10.2 Å². The highest BCUT2D eigenvalue weighted by Crippen LogP contribution is 2.23. The van der Waals surface area contributed by atoms with Crippen LogP contribution in [0.3, 0.4) is 0 Å². The zero-order chi connectivity index (χ0) is 17.2. The number of carbonyl (C=O) groups excluding carboxylic acids is 1. The van der Waals surface area contributed by atoms with Gasteiger partial charge in [0.1, 0.15) is 9.88 Å². The van der Waals surface area contributed by atoms with Crippen molar-refractivity contribution < 1.29 is 4.79 Å². The van der Waals surface area contributed by atoms with Gasteiger partial charge in [-0.3, -0.25) is 9.69 Å². The van der Waals surface area contributed by atoms with Crippen molar-refractivity contribution in [1.29, 1.82) is 0 Å². The molecule has 0 unspecified atom stereocenters. The predicted octanol–water partition coefficient (Wildman–Crippen LogP) is 3.41. The Hall–Kier alpha value is -1.83. The molecule has 1 fully saturated rings. The zero-order valence-electron chi connectivity index (χ0n) is 14.1. The molecular formula is C18H20N4OS2. The average Bonchev–Trinajstić information content (AvgIpc) is 3.14. The Bertz CT molecular complexity index is 855. The van der Waals surface area contributed by atoms with Crippen molar-refractivity contribution in [3.8, 4) is 0 Å². The minimum atomic E-state index is 0.127. The molecule has 1 amide bonds. The van der Waals surface area contributed by atoms with Crippen molar-refractivity contribution in [3.63, 3.8) is 0 Å². The molecule has 5 nitrogen and oxygen atoms in total. The molecule has 1 saturated heterocycles. The van der Waals surface area contributed by atoms with E-state index in [1.165, 1.54) is 16.0 Å². The van der Waals surface area contributed by atoms with Gasteiger partial charge in [-0.15, -0.1) is 22.7 Å². The van der Waals surface area contributed by atoms with E-state index in [9.17, 15) is 4.79 Å².